The van der Waals surface area contributed by atoms with Gasteiger partial charge in [0.25, 0.3) is 0 Å². The number of aryl methyl sites for hydroxylation is 2. The number of rotatable bonds is 5. The molecule has 0 radical (unpaired) electrons. The van der Waals surface area contributed by atoms with E-state index in [1.54, 1.807) is 19.2 Å². The van der Waals surface area contributed by atoms with E-state index in [1.165, 1.54) is 0 Å². The maximum absolute atomic E-state index is 6.09. The number of ether oxygens (including phenoxy) is 1. The number of anilines is 4. The lowest BCUT2D eigenvalue weighted by Gasteiger charge is -2.13. The van der Waals surface area contributed by atoms with Crippen molar-refractivity contribution in [2.45, 2.75) is 13.8 Å². The van der Waals surface area contributed by atoms with Crippen molar-refractivity contribution in [3.8, 4) is 5.75 Å². The van der Waals surface area contributed by atoms with E-state index in [-0.39, 0.29) is 0 Å². The molecule has 0 aliphatic rings. The van der Waals surface area contributed by atoms with Crippen molar-refractivity contribution in [1.82, 2.24) is 9.97 Å². The second kappa shape index (κ2) is 7.40. The fourth-order valence-corrected chi connectivity index (χ4v) is 2.63. The Morgan fingerprint density at radius 1 is 0.880 bits per heavy atom. The average molecular weight is 355 g/mol. The first-order valence-electron chi connectivity index (χ1n) is 7.84. The average Bonchev–Trinajstić information content (AvgIpc) is 2.57. The Kier molecular flexibility index (Phi) is 5.05. The van der Waals surface area contributed by atoms with E-state index in [9.17, 15) is 0 Å². The predicted molar refractivity (Wildman–Crippen MR) is 103 cm³/mol. The van der Waals surface area contributed by atoms with E-state index in [0.717, 1.165) is 16.9 Å². The zero-order chi connectivity index (χ0) is 17.8. The van der Waals surface area contributed by atoms with Gasteiger partial charge in [-0.25, -0.2) is 9.97 Å². The third-order valence-corrected chi connectivity index (χ3v) is 3.91. The third-order valence-electron chi connectivity index (χ3n) is 3.67. The van der Waals surface area contributed by atoms with Gasteiger partial charge in [-0.3, -0.25) is 0 Å². The molecule has 0 fully saturated rings. The van der Waals surface area contributed by atoms with E-state index in [0.29, 0.717) is 28.2 Å². The molecule has 0 unspecified atom stereocenters. The van der Waals surface area contributed by atoms with Gasteiger partial charge in [0, 0.05) is 16.8 Å². The minimum Gasteiger partial charge on any atom is -0.495 e. The summed E-state index contributed by atoms with van der Waals surface area (Å²) in [5.74, 6) is 2.71. The first-order valence-corrected chi connectivity index (χ1v) is 8.22. The van der Waals surface area contributed by atoms with Gasteiger partial charge < -0.3 is 15.4 Å². The monoisotopic (exact) mass is 354 g/mol. The molecule has 2 N–H and O–H groups in total. The lowest BCUT2D eigenvalue weighted by Crippen LogP contribution is -2.03. The molecule has 0 bridgehead atoms. The summed E-state index contributed by atoms with van der Waals surface area (Å²) in [6, 6.07) is 15.3. The highest BCUT2D eigenvalue weighted by atomic mass is 35.5. The summed E-state index contributed by atoms with van der Waals surface area (Å²) in [4.78, 5) is 8.89. The van der Waals surface area contributed by atoms with Crippen LogP contribution in [0.25, 0.3) is 0 Å². The smallest absolute Gasteiger partial charge is 0.142 e. The fourth-order valence-electron chi connectivity index (χ4n) is 2.46. The molecule has 6 heteroatoms. The number of halogens is 1. The Hall–Kier alpha value is -2.79. The summed E-state index contributed by atoms with van der Waals surface area (Å²) in [5, 5.41) is 7.19. The van der Waals surface area contributed by atoms with E-state index in [1.807, 2.05) is 50.2 Å². The lowest BCUT2D eigenvalue weighted by atomic mass is 10.2. The maximum Gasteiger partial charge on any atom is 0.142 e. The normalized spacial score (nSPS) is 10.4. The molecule has 1 aromatic heterocycles. The number of para-hydroxylation sites is 1. The summed E-state index contributed by atoms with van der Waals surface area (Å²) in [7, 11) is 1.62. The number of methoxy groups -OCH3 is 1. The Bertz CT molecular complexity index is 898. The number of benzene rings is 2. The number of nitrogens with zero attached hydrogens (tertiary/aromatic N) is 2. The number of aromatic nitrogens is 2. The van der Waals surface area contributed by atoms with Gasteiger partial charge >= 0.3 is 0 Å². The second-order valence-electron chi connectivity index (χ2n) is 5.60. The zero-order valence-electron chi connectivity index (χ0n) is 14.3. The van der Waals surface area contributed by atoms with Gasteiger partial charge in [0.1, 0.15) is 23.2 Å². The van der Waals surface area contributed by atoms with Gasteiger partial charge in [-0.15, -0.1) is 0 Å². The van der Waals surface area contributed by atoms with Gasteiger partial charge in [-0.1, -0.05) is 29.8 Å². The van der Waals surface area contributed by atoms with Crippen LogP contribution in [0.5, 0.6) is 5.75 Å². The predicted octanol–water partition coefficient (Wildman–Crippen LogP) is 5.24. The Balaban J connectivity index is 1.90. The quantitative estimate of drug-likeness (QED) is 0.656. The highest BCUT2D eigenvalue weighted by Crippen LogP contribution is 2.30. The number of hydrogen-bond donors (Lipinski definition) is 2. The molecule has 0 aliphatic heterocycles. The summed E-state index contributed by atoms with van der Waals surface area (Å²) < 4.78 is 5.36. The van der Waals surface area contributed by atoms with Crippen LogP contribution >= 0.6 is 11.6 Å². The summed E-state index contributed by atoms with van der Waals surface area (Å²) in [6.07, 6.45) is 0. The van der Waals surface area contributed by atoms with Crippen molar-refractivity contribution in [2.75, 3.05) is 17.7 Å². The van der Waals surface area contributed by atoms with Crippen LogP contribution in [-0.4, -0.2) is 17.1 Å². The van der Waals surface area contributed by atoms with E-state index in [4.69, 9.17) is 16.3 Å². The molecule has 0 amide bonds. The van der Waals surface area contributed by atoms with Crippen molar-refractivity contribution in [1.29, 1.82) is 0 Å². The maximum atomic E-state index is 6.09. The van der Waals surface area contributed by atoms with Crippen molar-refractivity contribution < 1.29 is 4.74 Å². The van der Waals surface area contributed by atoms with Gasteiger partial charge in [-0.05, 0) is 43.7 Å². The second-order valence-corrected chi connectivity index (χ2v) is 6.03. The van der Waals surface area contributed by atoms with Crippen LogP contribution in [0.3, 0.4) is 0 Å². The number of nitrogens with one attached hydrogen (secondary N) is 2. The fraction of sp³-hybridized carbons (Fsp3) is 0.158. The molecule has 0 spiro atoms. The third kappa shape index (κ3) is 4.19. The first kappa shape index (κ1) is 17.0. The highest BCUT2D eigenvalue weighted by molar-refractivity contribution is 6.31. The van der Waals surface area contributed by atoms with Gasteiger partial charge in [0.05, 0.1) is 12.8 Å². The van der Waals surface area contributed by atoms with Crippen molar-refractivity contribution in [3.63, 3.8) is 0 Å². The molecule has 0 saturated carbocycles. The summed E-state index contributed by atoms with van der Waals surface area (Å²) in [6.45, 7) is 3.90. The Morgan fingerprint density at radius 2 is 1.56 bits per heavy atom. The molecule has 3 aromatic rings. The standard InChI is InChI=1S/C19H19ClN4O/c1-12-6-4-5-7-15(12)23-18-11-19(22-13(2)21-18)24-16-10-14(20)8-9-17(16)25-3/h4-11H,1-3H3,(H2,21,22,23,24). The van der Waals surface area contributed by atoms with Crippen molar-refractivity contribution in [2.24, 2.45) is 0 Å². The Morgan fingerprint density at radius 3 is 2.24 bits per heavy atom. The zero-order valence-corrected chi connectivity index (χ0v) is 15.1. The minimum atomic E-state index is 0.618. The van der Waals surface area contributed by atoms with Crippen LogP contribution in [0.4, 0.5) is 23.0 Å². The van der Waals surface area contributed by atoms with Crippen LogP contribution in [0.15, 0.2) is 48.5 Å². The molecule has 128 valence electrons. The molecule has 1 heterocycles. The van der Waals surface area contributed by atoms with Crippen LogP contribution in [-0.2, 0) is 0 Å². The van der Waals surface area contributed by atoms with Crippen molar-refractivity contribution >= 4 is 34.6 Å². The molecular weight excluding hydrogens is 336 g/mol. The topological polar surface area (TPSA) is 59.1 Å². The largest absolute Gasteiger partial charge is 0.495 e. The van der Waals surface area contributed by atoms with Crippen LogP contribution in [0, 0.1) is 13.8 Å². The lowest BCUT2D eigenvalue weighted by molar-refractivity contribution is 0.417. The Labute approximate surface area is 152 Å². The van der Waals surface area contributed by atoms with E-state index >= 15 is 0 Å². The van der Waals surface area contributed by atoms with Gasteiger partial charge in [0.2, 0.25) is 0 Å². The SMILES string of the molecule is COc1ccc(Cl)cc1Nc1cc(Nc2ccccc2C)nc(C)n1. The van der Waals surface area contributed by atoms with Crippen LogP contribution in [0.2, 0.25) is 5.02 Å². The molecule has 3 rings (SSSR count). The summed E-state index contributed by atoms with van der Waals surface area (Å²) in [5.41, 5.74) is 2.90. The molecule has 25 heavy (non-hydrogen) atoms. The minimum absolute atomic E-state index is 0.618. The van der Waals surface area contributed by atoms with Crippen molar-refractivity contribution in [3.05, 3.63) is 64.9 Å². The molecule has 0 atom stereocenters. The highest BCUT2D eigenvalue weighted by Gasteiger charge is 2.08. The summed E-state index contributed by atoms with van der Waals surface area (Å²) >= 11 is 6.09. The van der Waals surface area contributed by atoms with Crippen LogP contribution in [0.1, 0.15) is 11.4 Å². The van der Waals surface area contributed by atoms with Gasteiger partial charge in [-0.2, -0.15) is 0 Å². The van der Waals surface area contributed by atoms with E-state index in [2.05, 4.69) is 20.6 Å². The van der Waals surface area contributed by atoms with Crippen LogP contribution < -0.4 is 15.4 Å². The van der Waals surface area contributed by atoms with Gasteiger partial charge in [0.15, 0.2) is 0 Å². The van der Waals surface area contributed by atoms with E-state index < -0.39 is 0 Å². The molecular formula is C19H19ClN4O. The molecule has 0 aliphatic carbocycles. The molecule has 0 saturated heterocycles. The number of hydrogen-bond acceptors (Lipinski definition) is 5. The molecule has 2 aromatic carbocycles. The first-order chi connectivity index (χ1) is 12.0. The molecule has 5 nitrogen and oxygen atoms in total.